The Morgan fingerprint density at radius 2 is 0.821 bits per heavy atom. The number of para-hydroxylation sites is 2. The first-order valence-corrected chi connectivity index (χ1v) is 22.7. The van der Waals surface area contributed by atoms with Gasteiger partial charge in [0.15, 0.2) is 5.82 Å². The average molecular weight is 852 g/mol. The summed E-state index contributed by atoms with van der Waals surface area (Å²) in [5.74, 6) is 0.672. The van der Waals surface area contributed by atoms with Gasteiger partial charge in [0.1, 0.15) is 11.2 Å². The van der Waals surface area contributed by atoms with Gasteiger partial charge < -0.3 is 4.42 Å². The van der Waals surface area contributed by atoms with Crippen molar-refractivity contribution in [2.45, 2.75) is 0 Å². The summed E-state index contributed by atoms with van der Waals surface area (Å²) in [4.78, 5) is 16.1. The predicted molar refractivity (Wildman–Crippen MR) is 279 cm³/mol. The summed E-state index contributed by atoms with van der Waals surface area (Å²) in [6.45, 7) is 0. The molecule has 14 rings (SSSR count). The quantitative estimate of drug-likeness (QED) is 0.162. The summed E-state index contributed by atoms with van der Waals surface area (Å²) in [7, 11) is 0. The third-order valence-electron chi connectivity index (χ3n) is 13.6. The highest BCUT2D eigenvalue weighted by molar-refractivity contribution is 6.25. The Hall–Kier alpha value is -8.99. The number of pyridine rings is 1. The van der Waals surface area contributed by atoms with E-state index in [1.807, 2.05) is 12.1 Å². The molecule has 11 aromatic carbocycles. The molecule has 0 saturated heterocycles. The van der Waals surface area contributed by atoms with Gasteiger partial charge in [-0.3, -0.25) is 0 Å². The largest absolute Gasteiger partial charge is 0.455 e. The fourth-order valence-corrected chi connectivity index (χ4v) is 10.5. The molecule has 0 spiro atoms. The minimum atomic E-state index is 0.672. The van der Waals surface area contributed by atoms with Crippen molar-refractivity contribution in [1.82, 2.24) is 15.0 Å². The van der Waals surface area contributed by atoms with E-state index in [0.717, 1.165) is 105 Å². The van der Waals surface area contributed by atoms with E-state index in [-0.39, 0.29) is 0 Å². The highest BCUT2D eigenvalue weighted by Crippen LogP contribution is 2.43. The molecule has 0 aliphatic heterocycles. The summed E-state index contributed by atoms with van der Waals surface area (Å²) in [6.07, 6.45) is 0. The summed E-state index contributed by atoms with van der Waals surface area (Å²) < 4.78 is 6.60. The maximum Gasteiger partial charge on any atom is 0.160 e. The van der Waals surface area contributed by atoms with Crippen LogP contribution in [0.2, 0.25) is 0 Å². The molecular weight excluding hydrogens is 815 g/mol. The zero-order chi connectivity index (χ0) is 44.0. The molecule has 0 radical (unpaired) electrons. The van der Waals surface area contributed by atoms with Crippen molar-refractivity contribution in [2.75, 3.05) is 0 Å². The molecule has 14 aromatic rings. The molecule has 310 valence electrons. The predicted octanol–water partition coefficient (Wildman–Crippen LogP) is 17.0. The number of furan rings is 1. The summed E-state index contributed by atoms with van der Waals surface area (Å²) in [6, 6.07) is 79.7. The van der Waals surface area contributed by atoms with Crippen molar-refractivity contribution < 1.29 is 4.42 Å². The third kappa shape index (κ3) is 5.97. The molecule has 0 atom stereocenters. The number of rotatable bonds is 5. The normalized spacial score (nSPS) is 11.9. The Morgan fingerprint density at radius 3 is 1.49 bits per heavy atom. The molecule has 0 aliphatic carbocycles. The van der Waals surface area contributed by atoms with Crippen LogP contribution >= 0.6 is 0 Å². The molecule has 0 amide bonds. The fourth-order valence-electron chi connectivity index (χ4n) is 10.5. The van der Waals surface area contributed by atoms with Crippen molar-refractivity contribution in [2.24, 2.45) is 0 Å². The lowest BCUT2D eigenvalue weighted by Crippen LogP contribution is -1.97. The molecule has 3 aromatic heterocycles. The minimum Gasteiger partial charge on any atom is -0.455 e. The Balaban J connectivity index is 0.921. The van der Waals surface area contributed by atoms with Gasteiger partial charge in [0.05, 0.1) is 22.6 Å². The number of benzene rings is 11. The monoisotopic (exact) mass is 851 g/mol. The van der Waals surface area contributed by atoms with Gasteiger partial charge in [0, 0.05) is 49.2 Å². The highest BCUT2D eigenvalue weighted by Gasteiger charge is 2.20. The summed E-state index contributed by atoms with van der Waals surface area (Å²) in [5, 5.41) is 15.0. The van der Waals surface area contributed by atoms with E-state index in [4.69, 9.17) is 19.4 Å². The van der Waals surface area contributed by atoms with Crippen LogP contribution < -0.4 is 0 Å². The highest BCUT2D eigenvalue weighted by atomic mass is 16.3. The topological polar surface area (TPSA) is 51.8 Å². The second-order valence-electron chi connectivity index (χ2n) is 17.4. The van der Waals surface area contributed by atoms with Crippen LogP contribution in [-0.2, 0) is 0 Å². The Bertz CT molecular complexity index is 4200. The molecule has 4 heteroatoms. The third-order valence-corrected chi connectivity index (χ3v) is 13.6. The van der Waals surface area contributed by atoms with E-state index >= 15 is 0 Å². The molecule has 0 unspecified atom stereocenters. The van der Waals surface area contributed by atoms with Gasteiger partial charge in [-0.2, -0.15) is 0 Å². The smallest absolute Gasteiger partial charge is 0.160 e. The van der Waals surface area contributed by atoms with Crippen molar-refractivity contribution in [3.05, 3.63) is 224 Å². The number of hydrogen-bond acceptors (Lipinski definition) is 4. The van der Waals surface area contributed by atoms with Crippen LogP contribution in [-0.4, -0.2) is 15.0 Å². The molecule has 0 saturated carbocycles. The van der Waals surface area contributed by atoms with Crippen LogP contribution in [0.3, 0.4) is 0 Å². The molecular formula is C63H37N3O. The number of aromatic nitrogens is 3. The van der Waals surface area contributed by atoms with Crippen molar-refractivity contribution >= 4 is 86.7 Å². The summed E-state index contributed by atoms with van der Waals surface area (Å²) >= 11 is 0. The SMILES string of the molecule is c1cc(-c2ccc(-c3nc(-c4cc5ccccc5c5ccccc45)cc(-c4cc5ccccc5c5ccccc45)n3)cc2)cc(-c2nc3ccccc3c3c2ccc2c4ccccc4oc23)c1. The zero-order valence-corrected chi connectivity index (χ0v) is 36.1. The maximum atomic E-state index is 6.60. The second-order valence-corrected chi connectivity index (χ2v) is 17.4. The lowest BCUT2D eigenvalue weighted by molar-refractivity contribution is 0.673. The van der Waals surface area contributed by atoms with E-state index in [9.17, 15) is 0 Å². The second kappa shape index (κ2) is 14.8. The molecule has 0 bridgehead atoms. The van der Waals surface area contributed by atoms with Gasteiger partial charge in [-0.15, -0.1) is 0 Å². The van der Waals surface area contributed by atoms with Crippen molar-refractivity contribution in [3.8, 4) is 56.3 Å². The van der Waals surface area contributed by atoms with Crippen LogP contribution in [0, 0.1) is 0 Å². The van der Waals surface area contributed by atoms with Crippen molar-refractivity contribution in [1.29, 1.82) is 0 Å². The van der Waals surface area contributed by atoms with Crippen LogP contribution in [0.25, 0.3) is 143 Å². The molecule has 4 nitrogen and oxygen atoms in total. The van der Waals surface area contributed by atoms with Crippen molar-refractivity contribution in [3.63, 3.8) is 0 Å². The molecule has 0 N–H and O–H groups in total. The standard InChI is InChI=1S/C63H37N3O/c1-3-18-44-41(14-1)35-54(48-22-7-5-20-46(44)48)57-37-58(55-36-42-15-2-4-19-45(42)47-21-6-8-23-49(47)55)66-63(65-57)39-30-28-38(29-31-39)40-16-13-17-43(34-40)61-53-33-32-51-50-24-10-12-27-59(50)67-62(51)60(53)52-25-9-11-26-56(52)64-61/h1-37H. The van der Waals surface area contributed by atoms with Crippen LogP contribution in [0.5, 0.6) is 0 Å². The lowest BCUT2D eigenvalue weighted by atomic mass is 9.93. The summed E-state index contributed by atoms with van der Waals surface area (Å²) in [5.41, 5.74) is 11.7. The average Bonchev–Trinajstić information content (AvgIpc) is 3.79. The first-order chi connectivity index (χ1) is 33.2. The van der Waals surface area contributed by atoms with Crippen LogP contribution in [0.1, 0.15) is 0 Å². The van der Waals surface area contributed by atoms with Gasteiger partial charge in [-0.05, 0) is 96.7 Å². The first-order valence-electron chi connectivity index (χ1n) is 22.7. The van der Waals surface area contributed by atoms with Gasteiger partial charge in [-0.25, -0.2) is 15.0 Å². The van der Waals surface area contributed by atoms with E-state index in [1.54, 1.807) is 0 Å². The van der Waals surface area contributed by atoms with Gasteiger partial charge >= 0.3 is 0 Å². The van der Waals surface area contributed by atoms with E-state index in [1.165, 1.54) is 32.3 Å². The fraction of sp³-hybridized carbons (Fsp3) is 0. The molecule has 0 fully saturated rings. The number of nitrogens with zero attached hydrogens (tertiary/aromatic N) is 3. The van der Waals surface area contributed by atoms with E-state index < -0.39 is 0 Å². The molecule has 3 heterocycles. The van der Waals surface area contributed by atoms with Gasteiger partial charge in [0.2, 0.25) is 0 Å². The van der Waals surface area contributed by atoms with Gasteiger partial charge in [0.25, 0.3) is 0 Å². The van der Waals surface area contributed by atoms with Crippen LogP contribution in [0.15, 0.2) is 229 Å². The van der Waals surface area contributed by atoms with E-state index in [0.29, 0.717) is 5.82 Å². The van der Waals surface area contributed by atoms with Gasteiger partial charge in [-0.1, -0.05) is 182 Å². The Labute approximate surface area is 385 Å². The first kappa shape index (κ1) is 37.4. The zero-order valence-electron chi connectivity index (χ0n) is 36.1. The number of fused-ring (bicyclic) bond motifs is 13. The molecule has 0 aliphatic rings. The van der Waals surface area contributed by atoms with Crippen LogP contribution in [0.4, 0.5) is 0 Å². The Morgan fingerprint density at radius 1 is 0.299 bits per heavy atom. The van der Waals surface area contributed by atoms with E-state index in [2.05, 4.69) is 212 Å². The minimum absolute atomic E-state index is 0.672. The Kier molecular flexibility index (Phi) is 8.25. The maximum absolute atomic E-state index is 6.60. The molecule has 67 heavy (non-hydrogen) atoms. The number of hydrogen-bond donors (Lipinski definition) is 0. The lowest BCUT2D eigenvalue weighted by Gasteiger charge is -2.15.